The molecule has 1 aromatic rings. The average Bonchev–Trinajstić information content (AvgIpc) is 2.33. The van der Waals surface area contributed by atoms with E-state index < -0.39 is 0 Å². The number of carbonyl (C=O) groups is 2. The highest BCUT2D eigenvalue weighted by molar-refractivity contribution is 5.98. The van der Waals surface area contributed by atoms with E-state index in [-0.39, 0.29) is 29.7 Å². The minimum Gasteiger partial charge on any atom is -0.299 e. The van der Waals surface area contributed by atoms with E-state index in [1.54, 1.807) is 0 Å². The minimum atomic E-state index is -0.352. The molecule has 1 aliphatic carbocycles. The van der Waals surface area contributed by atoms with Crippen molar-refractivity contribution >= 4 is 11.6 Å². The Labute approximate surface area is 99.8 Å². The largest absolute Gasteiger partial charge is 0.299 e. The Morgan fingerprint density at radius 1 is 1.24 bits per heavy atom. The second-order valence-electron chi connectivity index (χ2n) is 4.54. The standard InChI is InChI=1S/C14H15FO2/c15-12-7-5-10(6-8-12)14(17)9-11-3-1-2-4-13(11)16/h5-8,11H,1-4,9H2/t11-/m0/s1. The fourth-order valence-electron chi connectivity index (χ4n) is 2.25. The van der Waals surface area contributed by atoms with Crippen LogP contribution in [-0.4, -0.2) is 11.6 Å². The second-order valence-corrected chi connectivity index (χ2v) is 4.54. The van der Waals surface area contributed by atoms with Gasteiger partial charge in [-0.3, -0.25) is 9.59 Å². The molecule has 0 saturated heterocycles. The van der Waals surface area contributed by atoms with Gasteiger partial charge >= 0.3 is 0 Å². The van der Waals surface area contributed by atoms with Crippen LogP contribution in [0.25, 0.3) is 0 Å². The monoisotopic (exact) mass is 234 g/mol. The number of rotatable bonds is 3. The van der Waals surface area contributed by atoms with Crippen LogP contribution in [0.4, 0.5) is 4.39 Å². The van der Waals surface area contributed by atoms with Gasteiger partial charge < -0.3 is 0 Å². The minimum absolute atomic E-state index is 0.0646. The zero-order valence-electron chi connectivity index (χ0n) is 9.62. The number of hydrogen-bond acceptors (Lipinski definition) is 2. The molecule has 2 rings (SSSR count). The van der Waals surface area contributed by atoms with Gasteiger partial charge in [-0.1, -0.05) is 6.42 Å². The third kappa shape index (κ3) is 2.99. The van der Waals surface area contributed by atoms with Crippen LogP contribution < -0.4 is 0 Å². The molecule has 1 aromatic carbocycles. The predicted octanol–water partition coefficient (Wildman–Crippen LogP) is 3.16. The molecule has 90 valence electrons. The normalized spacial score (nSPS) is 20.3. The quantitative estimate of drug-likeness (QED) is 0.753. The molecule has 0 amide bonds. The number of halogens is 1. The van der Waals surface area contributed by atoms with Crippen molar-refractivity contribution in [2.75, 3.05) is 0 Å². The van der Waals surface area contributed by atoms with Crippen LogP contribution in [0.1, 0.15) is 42.5 Å². The maximum Gasteiger partial charge on any atom is 0.163 e. The van der Waals surface area contributed by atoms with Gasteiger partial charge in [-0.05, 0) is 37.1 Å². The van der Waals surface area contributed by atoms with Crippen LogP contribution in [0.15, 0.2) is 24.3 Å². The number of ketones is 2. The second kappa shape index (κ2) is 5.21. The molecule has 0 spiro atoms. The van der Waals surface area contributed by atoms with Crippen molar-refractivity contribution in [1.82, 2.24) is 0 Å². The molecule has 0 heterocycles. The van der Waals surface area contributed by atoms with Crippen molar-refractivity contribution in [2.24, 2.45) is 5.92 Å². The van der Waals surface area contributed by atoms with E-state index >= 15 is 0 Å². The molecular formula is C14H15FO2. The highest BCUT2D eigenvalue weighted by Crippen LogP contribution is 2.24. The van der Waals surface area contributed by atoms with Crippen molar-refractivity contribution in [3.63, 3.8) is 0 Å². The number of carbonyl (C=O) groups excluding carboxylic acids is 2. The Hall–Kier alpha value is -1.51. The molecule has 1 aliphatic rings. The lowest BCUT2D eigenvalue weighted by atomic mass is 9.83. The molecule has 1 fully saturated rings. The molecule has 0 aromatic heterocycles. The number of benzene rings is 1. The molecule has 2 nitrogen and oxygen atoms in total. The lowest BCUT2D eigenvalue weighted by Gasteiger charge is -2.19. The third-order valence-corrected chi connectivity index (χ3v) is 3.28. The van der Waals surface area contributed by atoms with Gasteiger partial charge in [0.1, 0.15) is 11.6 Å². The van der Waals surface area contributed by atoms with E-state index in [0.29, 0.717) is 12.0 Å². The summed E-state index contributed by atoms with van der Waals surface area (Å²) in [4.78, 5) is 23.5. The Bertz CT molecular complexity index is 422. The number of hydrogen-bond donors (Lipinski definition) is 0. The van der Waals surface area contributed by atoms with Gasteiger partial charge in [0.05, 0.1) is 0 Å². The summed E-state index contributed by atoms with van der Waals surface area (Å²) in [5.41, 5.74) is 0.491. The Kier molecular flexibility index (Phi) is 3.67. The van der Waals surface area contributed by atoms with Gasteiger partial charge in [0, 0.05) is 24.3 Å². The SMILES string of the molecule is O=C(C[C@@H]1CCCCC1=O)c1ccc(F)cc1. The van der Waals surface area contributed by atoms with Gasteiger partial charge in [-0.2, -0.15) is 0 Å². The average molecular weight is 234 g/mol. The van der Waals surface area contributed by atoms with Crippen molar-refractivity contribution in [3.05, 3.63) is 35.6 Å². The molecule has 3 heteroatoms. The van der Waals surface area contributed by atoms with Gasteiger partial charge in [0.15, 0.2) is 5.78 Å². The van der Waals surface area contributed by atoms with E-state index in [0.717, 1.165) is 19.3 Å². The van der Waals surface area contributed by atoms with Crippen LogP contribution in [0, 0.1) is 11.7 Å². The zero-order chi connectivity index (χ0) is 12.3. The van der Waals surface area contributed by atoms with Crippen molar-refractivity contribution in [1.29, 1.82) is 0 Å². The molecule has 0 radical (unpaired) electrons. The first-order valence-electron chi connectivity index (χ1n) is 5.98. The molecular weight excluding hydrogens is 219 g/mol. The van der Waals surface area contributed by atoms with Gasteiger partial charge in [0.2, 0.25) is 0 Å². The zero-order valence-corrected chi connectivity index (χ0v) is 9.62. The summed E-state index contributed by atoms with van der Waals surface area (Å²) in [6.45, 7) is 0. The first kappa shape index (κ1) is 12.0. The van der Waals surface area contributed by atoms with Crippen molar-refractivity contribution < 1.29 is 14.0 Å². The number of Topliss-reactive ketones (excluding diaryl/α,β-unsaturated/α-hetero) is 2. The van der Waals surface area contributed by atoms with Crippen LogP contribution in [0.3, 0.4) is 0 Å². The summed E-state index contributed by atoms with van der Waals surface area (Å²) in [6, 6.07) is 5.50. The van der Waals surface area contributed by atoms with Gasteiger partial charge in [0.25, 0.3) is 0 Å². The first-order chi connectivity index (χ1) is 8.16. The van der Waals surface area contributed by atoms with E-state index in [2.05, 4.69) is 0 Å². The summed E-state index contributed by atoms with van der Waals surface area (Å²) < 4.78 is 12.7. The summed E-state index contributed by atoms with van der Waals surface area (Å²) in [6.07, 6.45) is 3.64. The Morgan fingerprint density at radius 3 is 2.59 bits per heavy atom. The smallest absolute Gasteiger partial charge is 0.163 e. The van der Waals surface area contributed by atoms with Crippen molar-refractivity contribution in [2.45, 2.75) is 32.1 Å². The van der Waals surface area contributed by atoms with E-state index in [4.69, 9.17) is 0 Å². The van der Waals surface area contributed by atoms with E-state index in [9.17, 15) is 14.0 Å². The fraction of sp³-hybridized carbons (Fsp3) is 0.429. The Balaban J connectivity index is 2.01. The molecule has 17 heavy (non-hydrogen) atoms. The van der Waals surface area contributed by atoms with Crippen LogP contribution >= 0.6 is 0 Å². The van der Waals surface area contributed by atoms with Crippen LogP contribution in [0.5, 0.6) is 0 Å². The molecule has 0 unspecified atom stereocenters. The molecule has 0 aliphatic heterocycles. The highest BCUT2D eigenvalue weighted by atomic mass is 19.1. The van der Waals surface area contributed by atoms with Gasteiger partial charge in [-0.15, -0.1) is 0 Å². The topological polar surface area (TPSA) is 34.1 Å². The van der Waals surface area contributed by atoms with E-state index in [1.165, 1.54) is 24.3 Å². The first-order valence-corrected chi connectivity index (χ1v) is 5.98. The van der Waals surface area contributed by atoms with E-state index in [1.807, 2.05) is 0 Å². The van der Waals surface area contributed by atoms with Crippen molar-refractivity contribution in [3.8, 4) is 0 Å². The summed E-state index contributed by atoms with van der Waals surface area (Å²) >= 11 is 0. The summed E-state index contributed by atoms with van der Waals surface area (Å²) in [5, 5.41) is 0. The predicted molar refractivity (Wildman–Crippen MR) is 62.3 cm³/mol. The molecule has 0 bridgehead atoms. The maximum absolute atomic E-state index is 12.7. The fourth-order valence-corrected chi connectivity index (χ4v) is 2.25. The molecule has 0 N–H and O–H groups in total. The lowest BCUT2D eigenvalue weighted by Crippen LogP contribution is -2.22. The maximum atomic E-state index is 12.7. The Morgan fingerprint density at radius 2 is 1.94 bits per heavy atom. The van der Waals surface area contributed by atoms with Crippen LogP contribution in [-0.2, 0) is 4.79 Å². The lowest BCUT2D eigenvalue weighted by molar-refractivity contribution is -0.124. The molecule has 1 atom stereocenters. The molecule has 1 saturated carbocycles. The summed E-state index contributed by atoms with van der Waals surface area (Å²) in [7, 11) is 0. The van der Waals surface area contributed by atoms with Gasteiger partial charge in [-0.25, -0.2) is 4.39 Å². The third-order valence-electron chi connectivity index (χ3n) is 3.28. The van der Waals surface area contributed by atoms with Crippen LogP contribution in [0.2, 0.25) is 0 Å². The summed E-state index contributed by atoms with van der Waals surface area (Å²) in [5.74, 6) is -0.339. The highest BCUT2D eigenvalue weighted by Gasteiger charge is 2.24.